The second-order valence-corrected chi connectivity index (χ2v) is 30.2. The Labute approximate surface area is 391 Å². The van der Waals surface area contributed by atoms with Crippen LogP contribution >= 0.6 is 0 Å². The predicted molar refractivity (Wildman–Crippen MR) is 248 cm³/mol. The Bertz CT molecular complexity index is 1850. The predicted octanol–water partition coefficient (Wildman–Crippen LogP) is 5.36. The highest BCUT2D eigenvalue weighted by atomic mass is 28.4. The SMILES string of the molecule is COC(=O)[C@@H](Cc1ccc(O[C@H]2O[C@H](CO[Si](C)(C)C(C)(C)C)[C@@H](O[C@H]3O[C@H](CO[Si](C)(C)C(C)(C)C)[C@@H](OC(=O)CC(C)C)[C@H](O)[C@@H]3O)[C@H](O)[C@@H]2O)cc1)NC(=O)OCc1ccccc1. The number of ether oxygens (including phenoxy) is 7. The number of alkyl carbamates (subject to hydrolysis) is 1. The minimum atomic E-state index is -2.45. The van der Waals surface area contributed by atoms with Gasteiger partial charge in [-0.3, -0.25) is 4.79 Å². The third kappa shape index (κ3) is 15.0. The average molecular weight is 966 g/mol. The van der Waals surface area contributed by atoms with Crippen molar-refractivity contribution >= 4 is 34.7 Å². The van der Waals surface area contributed by atoms with Crippen LogP contribution in [0.25, 0.3) is 0 Å². The van der Waals surface area contributed by atoms with E-state index in [-0.39, 0.29) is 54.4 Å². The van der Waals surface area contributed by atoms with Crippen LogP contribution in [0.4, 0.5) is 4.79 Å². The first-order valence-corrected chi connectivity index (χ1v) is 28.4. The molecule has 5 N–H and O–H groups in total. The largest absolute Gasteiger partial charge is 0.467 e. The molecule has 2 aromatic carbocycles. The van der Waals surface area contributed by atoms with Gasteiger partial charge in [0.1, 0.15) is 61.1 Å². The molecule has 0 radical (unpaired) electrons. The fourth-order valence-corrected chi connectivity index (χ4v) is 8.65. The highest BCUT2D eigenvalue weighted by Gasteiger charge is 2.54. The van der Waals surface area contributed by atoms with Gasteiger partial charge in [0, 0.05) is 12.8 Å². The minimum Gasteiger partial charge on any atom is -0.467 e. The number of esters is 2. The molecule has 2 heterocycles. The number of methoxy groups -OCH3 is 1. The summed E-state index contributed by atoms with van der Waals surface area (Å²) in [6.45, 7) is 24.1. The van der Waals surface area contributed by atoms with Gasteiger partial charge in [0.15, 0.2) is 29.0 Å². The molecule has 372 valence electrons. The molecular weight excluding hydrogens is 891 g/mol. The van der Waals surface area contributed by atoms with Crippen LogP contribution in [0.15, 0.2) is 54.6 Å². The summed E-state index contributed by atoms with van der Waals surface area (Å²) in [5, 5.41) is 48.5. The molecule has 0 aromatic heterocycles. The van der Waals surface area contributed by atoms with Crippen LogP contribution in [0.2, 0.25) is 36.3 Å². The summed E-state index contributed by atoms with van der Waals surface area (Å²) < 4.78 is 53.9. The molecule has 2 aromatic rings. The average Bonchev–Trinajstić information content (AvgIpc) is 3.23. The van der Waals surface area contributed by atoms with Crippen molar-refractivity contribution in [2.24, 2.45) is 5.92 Å². The van der Waals surface area contributed by atoms with Crippen molar-refractivity contribution in [3.8, 4) is 5.75 Å². The lowest BCUT2D eigenvalue weighted by molar-refractivity contribution is -0.352. The fourth-order valence-electron chi connectivity index (χ4n) is 6.62. The van der Waals surface area contributed by atoms with E-state index in [1.807, 2.05) is 58.2 Å². The number of carbonyl (C=O) groups excluding carboxylic acids is 3. The van der Waals surface area contributed by atoms with E-state index in [1.165, 1.54) is 7.11 Å². The summed E-state index contributed by atoms with van der Waals surface area (Å²) in [6, 6.07) is 14.5. The first-order chi connectivity index (χ1) is 30.6. The maximum absolute atomic E-state index is 12.9. The quantitative estimate of drug-likeness (QED) is 0.0679. The Morgan fingerprint density at radius 2 is 1.23 bits per heavy atom. The van der Waals surface area contributed by atoms with Crippen molar-refractivity contribution in [3.63, 3.8) is 0 Å². The maximum Gasteiger partial charge on any atom is 0.408 e. The van der Waals surface area contributed by atoms with E-state index in [4.69, 9.17) is 42.0 Å². The van der Waals surface area contributed by atoms with E-state index in [1.54, 1.807) is 36.4 Å². The van der Waals surface area contributed by atoms with Gasteiger partial charge in [-0.1, -0.05) is 97.9 Å². The van der Waals surface area contributed by atoms with Crippen molar-refractivity contribution in [1.82, 2.24) is 5.32 Å². The normalized spacial score (nSPS) is 26.9. The molecule has 0 unspecified atom stereocenters. The number of aliphatic hydroxyl groups excluding tert-OH is 4. The van der Waals surface area contributed by atoms with Crippen LogP contribution in [0.1, 0.15) is 72.9 Å². The summed E-state index contributed by atoms with van der Waals surface area (Å²) >= 11 is 0. The Hall–Kier alpha value is -3.48. The van der Waals surface area contributed by atoms with Crippen LogP contribution in [0.3, 0.4) is 0 Å². The molecule has 0 spiro atoms. The molecule has 17 nitrogen and oxygen atoms in total. The standard InChI is InChI=1S/C47H75NO16Si2/c1-28(2)23-35(49)63-40-33(26-58-65(10,11)46(3,4)5)62-44(39(53)36(40)50)64-41-34(27-59-66(12,13)47(6,7)8)61-43(38(52)37(41)51)60-31-21-19-29(20-22-31)24-32(42(54)56-9)48-45(55)57-25-30-17-15-14-16-18-30/h14-22,28,32-34,36-41,43-44,50-53H,23-27H2,1-13H3,(H,48,55)/t32-,33-,34-,36-,37-,38+,39+,40-,41-,43+,44-/m1/s1. The van der Waals surface area contributed by atoms with Gasteiger partial charge >= 0.3 is 18.0 Å². The van der Waals surface area contributed by atoms with Crippen LogP contribution in [-0.2, 0) is 59.9 Å². The lowest BCUT2D eigenvalue weighted by Crippen LogP contribution is -2.66. The zero-order chi connectivity index (χ0) is 49.4. The highest BCUT2D eigenvalue weighted by Crippen LogP contribution is 2.39. The smallest absolute Gasteiger partial charge is 0.408 e. The first kappa shape index (κ1) is 55.1. The Kier molecular flexibility index (Phi) is 19.4. The number of nitrogens with one attached hydrogen (secondary N) is 1. The molecule has 11 atom stereocenters. The number of hydrogen-bond donors (Lipinski definition) is 5. The van der Waals surface area contributed by atoms with Gasteiger partial charge in [0.2, 0.25) is 6.29 Å². The molecule has 0 bridgehead atoms. The van der Waals surface area contributed by atoms with E-state index in [0.29, 0.717) is 5.56 Å². The molecule has 66 heavy (non-hydrogen) atoms. The van der Waals surface area contributed by atoms with E-state index in [0.717, 1.165) is 5.56 Å². The number of rotatable bonds is 19. The van der Waals surface area contributed by atoms with Gasteiger partial charge in [-0.25, -0.2) is 9.59 Å². The van der Waals surface area contributed by atoms with Crippen molar-refractivity contribution in [2.45, 2.75) is 179 Å². The summed E-state index contributed by atoms with van der Waals surface area (Å²) in [6.07, 6.45) is -15.4. The van der Waals surface area contributed by atoms with Gasteiger partial charge in [-0.15, -0.1) is 0 Å². The lowest BCUT2D eigenvalue weighted by Gasteiger charge is -2.48. The topological polar surface area (TPSA) is 227 Å². The number of carbonyl (C=O) groups is 3. The van der Waals surface area contributed by atoms with Crippen molar-refractivity contribution in [2.75, 3.05) is 20.3 Å². The Morgan fingerprint density at radius 1 is 0.712 bits per heavy atom. The third-order valence-electron chi connectivity index (χ3n) is 12.9. The maximum atomic E-state index is 12.9. The van der Waals surface area contributed by atoms with Crippen molar-refractivity contribution in [3.05, 3.63) is 65.7 Å². The van der Waals surface area contributed by atoms with E-state index < -0.39 is 102 Å². The summed E-state index contributed by atoms with van der Waals surface area (Å²) in [5.41, 5.74) is 1.40. The highest BCUT2D eigenvalue weighted by molar-refractivity contribution is 6.74. The van der Waals surface area contributed by atoms with E-state index in [9.17, 15) is 34.8 Å². The Balaban J connectivity index is 1.54. The van der Waals surface area contributed by atoms with Crippen LogP contribution in [-0.4, -0.2) is 143 Å². The molecule has 2 fully saturated rings. The summed E-state index contributed by atoms with van der Waals surface area (Å²) in [4.78, 5) is 38.2. The summed E-state index contributed by atoms with van der Waals surface area (Å²) in [5.74, 6) is -1.05. The van der Waals surface area contributed by atoms with Crippen molar-refractivity contribution < 1.29 is 76.8 Å². The fraction of sp³-hybridized carbons (Fsp3) is 0.681. The van der Waals surface area contributed by atoms with E-state index in [2.05, 4.69) is 46.9 Å². The van der Waals surface area contributed by atoms with Gasteiger partial charge < -0.3 is 67.8 Å². The van der Waals surface area contributed by atoms with Gasteiger partial charge in [0.25, 0.3) is 0 Å². The third-order valence-corrected chi connectivity index (χ3v) is 21.9. The number of benzene rings is 2. The molecule has 2 aliphatic rings. The molecule has 4 rings (SSSR count). The molecule has 19 heteroatoms. The number of amides is 1. The van der Waals surface area contributed by atoms with Crippen molar-refractivity contribution in [1.29, 1.82) is 0 Å². The van der Waals surface area contributed by atoms with Gasteiger partial charge in [0.05, 0.1) is 20.3 Å². The van der Waals surface area contributed by atoms with Crippen LogP contribution < -0.4 is 10.1 Å². The molecule has 1 amide bonds. The molecule has 0 aliphatic carbocycles. The lowest BCUT2D eigenvalue weighted by atomic mass is 9.96. The minimum absolute atomic E-state index is 0.0111. The number of aliphatic hydroxyl groups is 4. The Morgan fingerprint density at radius 3 is 1.76 bits per heavy atom. The molecule has 2 aliphatic heterocycles. The van der Waals surface area contributed by atoms with Gasteiger partial charge in [-0.05, 0) is 65.4 Å². The van der Waals surface area contributed by atoms with Gasteiger partial charge in [-0.2, -0.15) is 0 Å². The zero-order valence-corrected chi connectivity index (χ0v) is 42.8. The molecule has 2 saturated heterocycles. The number of hydrogen-bond acceptors (Lipinski definition) is 16. The van der Waals surface area contributed by atoms with Crippen LogP contribution in [0.5, 0.6) is 5.75 Å². The molecule has 0 saturated carbocycles. The second-order valence-electron chi connectivity index (χ2n) is 20.6. The van der Waals surface area contributed by atoms with E-state index >= 15 is 0 Å². The first-order valence-electron chi connectivity index (χ1n) is 22.6. The monoisotopic (exact) mass is 965 g/mol. The zero-order valence-electron chi connectivity index (χ0n) is 40.8. The molecular formula is C47H75NO16Si2. The van der Waals surface area contributed by atoms with Crippen LogP contribution in [0, 0.1) is 5.92 Å². The second kappa shape index (κ2) is 23.2. The summed E-state index contributed by atoms with van der Waals surface area (Å²) in [7, 11) is -3.64.